The van der Waals surface area contributed by atoms with Crippen LogP contribution in [0.15, 0.2) is 78.0 Å². The topological polar surface area (TPSA) is 77.4 Å². The molecule has 2 N–H and O–H groups in total. The first-order valence-corrected chi connectivity index (χ1v) is 13.6. The second-order valence-corrected chi connectivity index (χ2v) is 9.86. The molecule has 198 valence electrons. The molecule has 0 radical (unpaired) electrons. The summed E-state index contributed by atoms with van der Waals surface area (Å²) < 4.78 is 13.0. The SMILES string of the molecule is CCCn1c(SCCNC(=O)Nc2cccc(C)c2)nc(-c2ccc(OC)cc2)c1-c1ccc(OC)cc1. The Hall–Kier alpha value is -3.91. The van der Waals surface area contributed by atoms with Gasteiger partial charge in [0.15, 0.2) is 5.16 Å². The predicted octanol–water partition coefficient (Wildman–Crippen LogP) is 6.87. The van der Waals surface area contributed by atoms with Gasteiger partial charge >= 0.3 is 6.03 Å². The third kappa shape index (κ3) is 6.69. The fraction of sp³-hybridized carbons (Fsp3) is 0.267. The summed E-state index contributed by atoms with van der Waals surface area (Å²) in [5.41, 5.74) is 5.94. The molecule has 0 bridgehead atoms. The van der Waals surface area contributed by atoms with Crippen LogP contribution in [0.1, 0.15) is 18.9 Å². The largest absolute Gasteiger partial charge is 0.497 e. The van der Waals surface area contributed by atoms with Crippen LogP contribution >= 0.6 is 11.8 Å². The Balaban J connectivity index is 1.56. The standard InChI is InChI=1S/C30H34N4O3S/c1-5-18-34-28(23-11-15-26(37-4)16-12-23)27(22-9-13-25(36-3)14-10-22)33-30(34)38-19-17-31-29(35)32-24-8-6-7-21(2)20-24/h6-16,20H,5,17-19H2,1-4H3,(H2,31,32,35). The number of hydrogen-bond acceptors (Lipinski definition) is 5. The van der Waals surface area contributed by atoms with Gasteiger partial charge in [0.05, 0.1) is 25.6 Å². The molecule has 0 fully saturated rings. The Bertz CT molecular complexity index is 1350. The van der Waals surface area contributed by atoms with Gasteiger partial charge in [0.2, 0.25) is 0 Å². The van der Waals surface area contributed by atoms with Gasteiger partial charge in [0.1, 0.15) is 11.5 Å². The van der Waals surface area contributed by atoms with Gasteiger partial charge in [-0.15, -0.1) is 0 Å². The number of urea groups is 1. The number of thioether (sulfide) groups is 1. The number of hydrogen-bond donors (Lipinski definition) is 2. The Morgan fingerprint density at radius 1 is 0.947 bits per heavy atom. The molecule has 3 aromatic carbocycles. The van der Waals surface area contributed by atoms with Crippen molar-refractivity contribution in [3.8, 4) is 34.0 Å². The molecular formula is C30H34N4O3S. The molecule has 8 heteroatoms. The molecule has 0 atom stereocenters. The zero-order chi connectivity index (χ0) is 26.9. The molecule has 0 unspecified atom stereocenters. The van der Waals surface area contributed by atoms with E-state index in [9.17, 15) is 4.79 Å². The minimum Gasteiger partial charge on any atom is -0.497 e. The maximum atomic E-state index is 12.4. The summed E-state index contributed by atoms with van der Waals surface area (Å²) in [6.07, 6.45) is 0.965. The van der Waals surface area contributed by atoms with E-state index in [0.29, 0.717) is 12.3 Å². The van der Waals surface area contributed by atoms with Crippen molar-refractivity contribution in [1.82, 2.24) is 14.9 Å². The molecule has 1 heterocycles. The van der Waals surface area contributed by atoms with E-state index in [1.54, 1.807) is 26.0 Å². The molecule has 38 heavy (non-hydrogen) atoms. The lowest BCUT2D eigenvalue weighted by atomic mass is 10.0. The Morgan fingerprint density at radius 2 is 1.61 bits per heavy atom. The molecule has 2 amide bonds. The first-order valence-electron chi connectivity index (χ1n) is 12.7. The lowest BCUT2D eigenvalue weighted by molar-refractivity contribution is 0.252. The van der Waals surface area contributed by atoms with E-state index in [1.165, 1.54) is 0 Å². The minimum atomic E-state index is -0.217. The van der Waals surface area contributed by atoms with Gasteiger partial charge < -0.3 is 24.7 Å². The molecule has 0 aliphatic heterocycles. The zero-order valence-electron chi connectivity index (χ0n) is 22.3. The fourth-order valence-electron chi connectivity index (χ4n) is 4.17. The molecule has 1 aromatic heterocycles. The Labute approximate surface area is 228 Å². The van der Waals surface area contributed by atoms with Crippen LogP contribution in [0.2, 0.25) is 0 Å². The van der Waals surface area contributed by atoms with Crippen LogP contribution in [0.4, 0.5) is 10.5 Å². The van der Waals surface area contributed by atoms with E-state index in [-0.39, 0.29) is 6.03 Å². The lowest BCUT2D eigenvalue weighted by Crippen LogP contribution is -2.30. The van der Waals surface area contributed by atoms with E-state index in [4.69, 9.17) is 14.5 Å². The lowest BCUT2D eigenvalue weighted by Gasteiger charge is -2.13. The molecule has 0 aliphatic carbocycles. The Kier molecular flexibility index (Phi) is 9.32. The van der Waals surface area contributed by atoms with Crippen LogP contribution in [-0.4, -0.2) is 42.1 Å². The number of methoxy groups -OCH3 is 2. The van der Waals surface area contributed by atoms with Crippen LogP contribution in [-0.2, 0) is 6.54 Å². The minimum absolute atomic E-state index is 0.217. The fourth-order valence-corrected chi connectivity index (χ4v) is 5.05. The smallest absolute Gasteiger partial charge is 0.319 e. The summed E-state index contributed by atoms with van der Waals surface area (Å²) in [5.74, 6) is 2.30. The van der Waals surface area contributed by atoms with Gasteiger partial charge in [-0.1, -0.05) is 30.8 Å². The normalized spacial score (nSPS) is 10.7. The average Bonchev–Trinajstić information content (AvgIpc) is 3.29. The van der Waals surface area contributed by atoms with Gasteiger partial charge in [-0.05, 0) is 79.6 Å². The van der Waals surface area contributed by atoms with E-state index >= 15 is 0 Å². The number of anilines is 1. The number of aryl methyl sites for hydroxylation is 1. The monoisotopic (exact) mass is 530 g/mol. The predicted molar refractivity (Wildman–Crippen MR) is 155 cm³/mol. The van der Waals surface area contributed by atoms with E-state index in [2.05, 4.69) is 34.3 Å². The third-order valence-corrected chi connectivity index (χ3v) is 6.98. The Morgan fingerprint density at radius 3 is 2.21 bits per heavy atom. The van der Waals surface area contributed by atoms with E-state index < -0.39 is 0 Å². The number of carbonyl (C=O) groups is 1. The number of rotatable bonds is 11. The van der Waals surface area contributed by atoms with Crippen LogP contribution < -0.4 is 20.1 Å². The van der Waals surface area contributed by atoms with Gasteiger partial charge in [-0.25, -0.2) is 9.78 Å². The van der Waals surface area contributed by atoms with Gasteiger partial charge in [-0.3, -0.25) is 0 Å². The molecule has 7 nitrogen and oxygen atoms in total. The zero-order valence-corrected chi connectivity index (χ0v) is 23.1. The molecular weight excluding hydrogens is 496 g/mol. The summed E-state index contributed by atoms with van der Waals surface area (Å²) in [7, 11) is 3.33. The van der Waals surface area contributed by atoms with Gasteiger partial charge in [0.25, 0.3) is 0 Å². The van der Waals surface area contributed by atoms with Crippen molar-refractivity contribution in [3.05, 3.63) is 78.4 Å². The first kappa shape index (κ1) is 27.1. The molecule has 0 spiro atoms. The van der Waals surface area contributed by atoms with Crippen LogP contribution in [0, 0.1) is 6.92 Å². The number of carbonyl (C=O) groups excluding carboxylic acids is 1. The molecule has 4 aromatic rings. The van der Waals surface area contributed by atoms with E-state index in [1.807, 2.05) is 67.6 Å². The maximum Gasteiger partial charge on any atom is 0.319 e. The number of aromatic nitrogens is 2. The highest BCUT2D eigenvalue weighted by Gasteiger charge is 2.20. The summed E-state index contributed by atoms with van der Waals surface area (Å²) in [4.78, 5) is 17.5. The highest BCUT2D eigenvalue weighted by Crippen LogP contribution is 2.37. The van der Waals surface area contributed by atoms with Crippen LogP contribution in [0.5, 0.6) is 11.5 Å². The van der Waals surface area contributed by atoms with Crippen molar-refractivity contribution in [1.29, 1.82) is 0 Å². The molecule has 0 saturated carbocycles. The number of benzene rings is 3. The molecule has 0 aliphatic rings. The number of imidazole rings is 1. The first-order chi connectivity index (χ1) is 18.5. The summed E-state index contributed by atoms with van der Waals surface area (Å²) >= 11 is 1.64. The van der Waals surface area contributed by atoms with Crippen molar-refractivity contribution in [3.63, 3.8) is 0 Å². The second kappa shape index (κ2) is 13.1. The summed E-state index contributed by atoms with van der Waals surface area (Å²) in [6.45, 7) is 5.50. The van der Waals surface area contributed by atoms with Gasteiger partial charge in [0, 0.05) is 35.7 Å². The van der Waals surface area contributed by atoms with Crippen molar-refractivity contribution in [2.45, 2.75) is 32.0 Å². The second-order valence-electron chi connectivity index (χ2n) is 8.80. The van der Waals surface area contributed by atoms with Crippen molar-refractivity contribution >= 4 is 23.5 Å². The van der Waals surface area contributed by atoms with Crippen molar-refractivity contribution < 1.29 is 14.3 Å². The van der Waals surface area contributed by atoms with Crippen molar-refractivity contribution in [2.24, 2.45) is 0 Å². The quantitative estimate of drug-likeness (QED) is 0.164. The molecule has 4 rings (SSSR count). The average molecular weight is 531 g/mol. The van der Waals surface area contributed by atoms with Crippen LogP contribution in [0.25, 0.3) is 22.5 Å². The third-order valence-electron chi connectivity index (χ3n) is 6.00. The number of nitrogens with zero attached hydrogens (tertiary/aromatic N) is 2. The highest BCUT2D eigenvalue weighted by atomic mass is 32.2. The van der Waals surface area contributed by atoms with Gasteiger partial charge in [-0.2, -0.15) is 0 Å². The highest BCUT2D eigenvalue weighted by molar-refractivity contribution is 7.99. The maximum absolute atomic E-state index is 12.4. The molecule has 0 saturated heterocycles. The number of ether oxygens (including phenoxy) is 2. The van der Waals surface area contributed by atoms with Crippen molar-refractivity contribution in [2.75, 3.05) is 31.8 Å². The number of amides is 2. The number of nitrogens with one attached hydrogen (secondary N) is 2. The summed E-state index contributed by atoms with van der Waals surface area (Å²) in [6, 6.07) is 23.6. The summed E-state index contributed by atoms with van der Waals surface area (Å²) in [5, 5.41) is 6.75. The van der Waals surface area contributed by atoms with E-state index in [0.717, 1.165) is 63.4 Å². The van der Waals surface area contributed by atoms with Crippen LogP contribution in [0.3, 0.4) is 0 Å².